The normalized spacial score (nSPS) is 10.3. The molecule has 0 aromatic carbocycles. The van der Waals surface area contributed by atoms with Crippen LogP contribution in [-0.4, -0.2) is 16.1 Å². The van der Waals surface area contributed by atoms with Crippen molar-refractivity contribution in [3.05, 3.63) is 33.0 Å². The number of aryl methyl sites for hydroxylation is 3. The molecule has 0 fully saturated rings. The molecule has 6 heteroatoms. The van der Waals surface area contributed by atoms with Crippen LogP contribution in [0.1, 0.15) is 37.7 Å². The van der Waals surface area contributed by atoms with Crippen molar-refractivity contribution >= 4 is 22.2 Å². The van der Waals surface area contributed by atoms with E-state index < -0.39 is 0 Å². The van der Waals surface area contributed by atoms with Gasteiger partial charge in [0.1, 0.15) is 11.1 Å². The highest BCUT2D eigenvalue weighted by Crippen LogP contribution is 2.32. The molecule has 2 aromatic rings. The molecule has 0 saturated carbocycles. The van der Waals surface area contributed by atoms with E-state index in [0.29, 0.717) is 21.8 Å². The number of amides is 1. The fourth-order valence-corrected chi connectivity index (χ4v) is 2.91. The van der Waals surface area contributed by atoms with Crippen molar-refractivity contribution in [3.8, 4) is 6.07 Å². The molecule has 0 aliphatic heterocycles. The van der Waals surface area contributed by atoms with Crippen LogP contribution in [-0.2, 0) is 0 Å². The summed E-state index contributed by atoms with van der Waals surface area (Å²) >= 11 is 1.42. The molecule has 1 amide bonds. The van der Waals surface area contributed by atoms with Gasteiger partial charge in [-0.15, -0.1) is 11.3 Å². The molecule has 0 saturated heterocycles. The highest BCUT2D eigenvalue weighted by Gasteiger charge is 2.19. The minimum absolute atomic E-state index is 0.235. The molecule has 2 aromatic heterocycles. The first-order valence-corrected chi connectivity index (χ1v) is 6.60. The van der Waals surface area contributed by atoms with Crippen LogP contribution < -0.4 is 5.32 Å². The lowest BCUT2D eigenvalue weighted by Crippen LogP contribution is -2.13. The van der Waals surface area contributed by atoms with Crippen molar-refractivity contribution in [1.29, 1.82) is 5.26 Å². The van der Waals surface area contributed by atoms with Crippen molar-refractivity contribution in [1.82, 2.24) is 10.2 Å². The number of hydrogen-bond acceptors (Lipinski definition) is 4. The lowest BCUT2D eigenvalue weighted by atomic mass is 10.1. The van der Waals surface area contributed by atoms with Crippen LogP contribution in [0, 0.1) is 39.0 Å². The Bertz CT molecular complexity index is 671. The summed E-state index contributed by atoms with van der Waals surface area (Å²) in [5.74, 6) is -0.235. The first kappa shape index (κ1) is 13.3. The summed E-state index contributed by atoms with van der Waals surface area (Å²) in [5.41, 5.74) is 3.36. The zero-order valence-corrected chi connectivity index (χ0v) is 12.0. The van der Waals surface area contributed by atoms with Crippen molar-refractivity contribution in [2.24, 2.45) is 0 Å². The Balaban J connectivity index is 2.35. The van der Waals surface area contributed by atoms with Gasteiger partial charge >= 0.3 is 0 Å². The van der Waals surface area contributed by atoms with Gasteiger partial charge in [-0.3, -0.25) is 9.89 Å². The van der Waals surface area contributed by atoms with Gasteiger partial charge in [-0.25, -0.2) is 0 Å². The standard InChI is InChI=1S/C13H14N4OS/c1-6-9(4)19-13(10(6)5-14)15-12(18)11-7(2)16-17-8(11)3/h1-4H3,(H,15,18)(H,16,17). The van der Waals surface area contributed by atoms with E-state index in [-0.39, 0.29) is 5.91 Å². The van der Waals surface area contributed by atoms with Crippen LogP contribution in [0.4, 0.5) is 5.00 Å². The summed E-state index contributed by atoms with van der Waals surface area (Å²) in [6.07, 6.45) is 0. The van der Waals surface area contributed by atoms with E-state index in [1.54, 1.807) is 13.8 Å². The predicted octanol–water partition coefficient (Wildman–Crippen LogP) is 2.83. The van der Waals surface area contributed by atoms with Gasteiger partial charge in [0.15, 0.2) is 0 Å². The van der Waals surface area contributed by atoms with E-state index in [1.165, 1.54) is 11.3 Å². The van der Waals surface area contributed by atoms with Gasteiger partial charge in [-0.05, 0) is 33.3 Å². The van der Waals surface area contributed by atoms with Crippen molar-refractivity contribution in [2.45, 2.75) is 27.7 Å². The van der Waals surface area contributed by atoms with Gasteiger partial charge in [0.2, 0.25) is 0 Å². The summed E-state index contributed by atoms with van der Waals surface area (Å²) in [7, 11) is 0. The number of aromatic nitrogens is 2. The lowest BCUT2D eigenvalue weighted by Gasteiger charge is -2.03. The molecule has 19 heavy (non-hydrogen) atoms. The molecule has 2 heterocycles. The molecule has 0 unspecified atom stereocenters. The van der Waals surface area contributed by atoms with Crippen molar-refractivity contribution < 1.29 is 4.79 Å². The topological polar surface area (TPSA) is 81.6 Å². The molecule has 0 atom stereocenters. The van der Waals surface area contributed by atoms with Gasteiger partial charge in [-0.2, -0.15) is 10.4 Å². The number of H-pyrrole nitrogens is 1. The van der Waals surface area contributed by atoms with E-state index in [4.69, 9.17) is 5.26 Å². The molecule has 0 spiro atoms. The Kier molecular flexibility index (Phi) is 3.40. The minimum atomic E-state index is -0.235. The van der Waals surface area contributed by atoms with Crippen LogP contribution in [0.5, 0.6) is 0 Å². The summed E-state index contributed by atoms with van der Waals surface area (Å²) in [4.78, 5) is 13.3. The predicted molar refractivity (Wildman–Crippen MR) is 74.5 cm³/mol. The number of rotatable bonds is 2. The van der Waals surface area contributed by atoms with E-state index in [9.17, 15) is 4.79 Å². The van der Waals surface area contributed by atoms with Crippen LogP contribution in [0.3, 0.4) is 0 Å². The second-order valence-corrected chi connectivity index (χ2v) is 5.59. The molecular formula is C13H14N4OS. The molecule has 2 N–H and O–H groups in total. The maximum Gasteiger partial charge on any atom is 0.260 e. The molecule has 0 bridgehead atoms. The Morgan fingerprint density at radius 1 is 1.37 bits per heavy atom. The molecular weight excluding hydrogens is 260 g/mol. The third kappa shape index (κ3) is 2.25. The van der Waals surface area contributed by atoms with E-state index >= 15 is 0 Å². The Hall–Kier alpha value is -2.13. The van der Waals surface area contributed by atoms with Gasteiger partial charge in [-0.1, -0.05) is 0 Å². The number of nitrogens with one attached hydrogen (secondary N) is 2. The Morgan fingerprint density at radius 2 is 2.05 bits per heavy atom. The van der Waals surface area contributed by atoms with E-state index in [2.05, 4.69) is 21.6 Å². The van der Waals surface area contributed by atoms with E-state index in [1.807, 2.05) is 13.8 Å². The quantitative estimate of drug-likeness (QED) is 0.883. The number of anilines is 1. The van der Waals surface area contributed by atoms with Gasteiger partial charge in [0, 0.05) is 10.6 Å². The van der Waals surface area contributed by atoms with Gasteiger partial charge in [0.05, 0.1) is 16.8 Å². The molecule has 0 radical (unpaired) electrons. The van der Waals surface area contributed by atoms with E-state index in [0.717, 1.165) is 16.1 Å². The fraction of sp³-hybridized carbons (Fsp3) is 0.308. The van der Waals surface area contributed by atoms with Gasteiger partial charge in [0.25, 0.3) is 5.91 Å². The zero-order chi connectivity index (χ0) is 14.2. The fourth-order valence-electron chi connectivity index (χ4n) is 1.90. The van der Waals surface area contributed by atoms with Crippen molar-refractivity contribution in [3.63, 3.8) is 0 Å². The molecule has 5 nitrogen and oxygen atoms in total. The largest absolute Gasteiger partial charge is 0.312 e. The molecule has 98 valence electrons. The number of thiophene rings is 1. The average molecular weight is 274 g/mol. The van der Waals surface area contributed by atoms with Crippen LogP contribution in [0.15, 0.2) is 0 Å². The summed E-state index contributed by atoms with van der Waals surface area (Å²) in [5, 5.41) is 19.3. The maximum atomic E-state index is 12.2. The summed E-state index contributed by atoms with van der Waals surface area (Å²) in [6, 6.07) is 2.14. The minimum Gasteiger partial charge on any atom is -0.312 e. The highest BCUT2D eigenvalue weighted by molar-refractivity contribution is 7.16. The molecule has 0 aliphatic rings. The first-order chi connectivity index (χ1) is 8.95. The third-order valence-electron chi connectivity index (χ3n) is 3.08. The second-order valence-electron chi connectivity index (χ2n) is 4.36. The highest BCUT2D eigenvalue weighted by atomic mass is 32.1. The van der Waals surface area contributed by atoms with Crippen LogP contribution >= 0.6 is 11.3 Å². The second kappa shape index (κ2) is 4.86. The monoisotopic (exact) mass is 274 g/mol. The first-order valence-electron chi connectivity index (χ1n) is 5.78. The number of carbonyl (C=O) groups excluding carboxylic acids is 1. The Labute approximate surface area is 115 Å². The van der Waals surface area contributed by atoms with Crippen LogP contribution in [0.25, 0.3) is 0 Å². The third-order valence-corrected chi connectivity index (χ3v) is 4.20. The number of hydrogen-bond donors (Lipinski definition) is 2. The number of aromatic amines is 1. The zero-order valence-electron chi connectivity index (χ0n) is 11.2. The maximum absolute atomic E-state index is 12.2. The lowest BCUT2D eigenvalue weighted by molar-refractivity contribution is 0.102. The molecule has 0 aliphatic carbocycles. The Morgan fingerprint density at radius 3 is 2.58 bits per heavy atom. The number of nitrogens with zero attached hydrogens (tertiary/aromatic N) is 2. The number of carbonyl (C=O) groups is 1. The average Bonchev–Trinajstić information content (AvgIpc) is 2.81. The summed E-state index contributed by atoms with van der Waals surface area (Å²) < 4.78 is 0. The van der Waals surface area contributed by atoms with Gasteiger partial charge < -0.3 is 5.32 Å². The SMILES string of the molecule is Cc1n[nH]c(C)c1C(=O)Nc1sc(C)c(C)c1C#N. The molecule has 2 rings (SSSR count). The van der Waals surface area contributed by atoms with Crippen LogP contribution in [0.2, 0.25) is 0 Å². The number of nitriles is 1. The smallest absolute Gasteiger partial charge is 0.260 e. The van der Waals surface area contributed by atoms with Crippen molar-refractivity contribution in [2.75, 3.05) is 5.32 Å². The summed E-state index contributed by atoms with van der Waals surface area (Å²) in [6.45, 7) is 7.39.